The number of hydrogen-bond acceptors (Lipinski definition) is 5. The van der Waals surface area contributed by atoms with Gasteiger partial charge in [-0.25, -0.2) is 13.1 Å². The van der Waals surface area contributed by atoms with Crippen molar-refractivity contribution in [1.82, 2.24) is 4.72 Å². The number of nitrogens with one attached hydrogen (secondary N) is 1. The molecule has 1 aliphatic rings. The van der Waals surface area contributed by atoms with Crippen molar-refractivity contribution in [2.75, 3.05) is 26.4 Å². The Labute approximate surface area is 165 Å². The summed E-state index contributed by atoms with van der Waals surface area (Å²) >= 11 is 1.73. The van der Waals surface area contributed by atoms with E-state index in [-0.39, 0.29) is 9.64 Å². The molecule has 0 aliphatic carbocycles. The second-order valence-corrected chi connectivity index (χ2v) is 9.75. The Hall–Kier alpha value is -1.54. The summed E-state index contributed by atoms with van der Waals surface area (Å²) in [5, 5.41) is 0. The van der Waals surface area contributed by atoms with E-state index in [9.17, 15) is 8.42 Å². The zero-order valence-corrected chi connectivity index (χ0v) is 17.0. The van der Waals surface area contributed by atoms with Gasteiger partial charge >= 0.3 is 0 Å². The molecule has 1 N–H and O–H groups in total. The van der Waals surface area contributed by atoms with Gasteiger partial charge in [0.25, 0.3) is 0 Å². The van der Waals surface area contributed by atoms with Gasteiger partial charge in [-0.05, 0) is 56.2 Å². The number of ether oxygens (including phenoxy) is 2. The second kappa shape index (κ2) is 9.10. The molecule has 0 radical (unpaired) electrons. The number of hydrogen-bond donors (Lipinski definition) is 1. The van der Waals surface area contributed by atoms with Gasteiger partial charge in [0.2, 0.25) is 10.0 Å². The molecule has 1 saturated heterocycles. The van der Waals surface area contributed by atoms with Crippen molar-refractivity contribution in [2.24, 2.45) is 0 Å². The number of thioether (sulfide) groups is 1. The SMILES string of the molecule is CCOc1ccc(S(=O)(=O)NCC2(Sc3ccccc3)CCOCC2)cc1. The van der Waals surface area contributed by atoms with Crippen LogP contribution < -0.4 is 9.46 Å². The van der Waals surface area contributed by atoms with Crippen molar-refractivity contribution in [2.45, 2.75) is 34.3 Å². The molecular formula is C20H25NO4S2. The molecule has 1 aliphatic heterocycles. The zero-order valence-electron chi connectivity index (χ0n) is 15.4. The van der Waals surface area contributed by atoms with Crippen molar-refractivity contribution < 1.29 is 17.9 Å². The van der Waals surface area contributed by atoms with E-state index in [0.29, 0.717) is 32.1 Å². The molecule has 27 heavy (non-hydrogen) atoms. The first-order valence-corrected chi connectivity index (χ1v) is 11.4. The lowest BCUT2D eigenvalue weighted by atomic mass is 9.99. The van der Waals surface area contributed by atoms with Gasteiger partial charge in [0.1, 0.15) is 5.75 Å². The fourth-order valence-electron chi connectivity index (χ4n) is 2.99. The van der Waals surface area contributed by atoms with E-state index >= 15 is 0 Å². The normalized spacial score (nSPS) is 16.8. The summed E-state index contributed by atoms with van der Waals surface area (Å²) in [5.41, 5.74) is 0. The van der Waals surface area contributed by atoms with E-state index in [2.05, 4.69) is 16.9 Å². The van der Waals surface area contributed by atoms with Crippen LogP contribution in [0.3, 0.4) is 0 Å². The lowest BCUT2D eigenvalue weighted by Gasteiger charge is -2.36. The fraction of sp³-hybridized carbons (Fsp3) is 0.400. The van der Waals surface area contributed by atoms with Crippen molar-refractivity contribution in [3.8, 4) is 5.75 Å². The molecule has 0 saturated carbocycles. The molecule has 0 spiro atoms. The van der Waals surface area contributed by atoms with Crippen LogP contribution in [-0.4, -0.2) is 39.5 Å². The van der Waals surface area contributed by atoms with Crippen LogP contribution in [0.15, 0.2) is 64.4 Å². The molecular weight excluding hydrogens is 382 g/mol. The van der Waals surface area contributed by atoms with Crippen LogP contribution in [0, 0.1) is 0 Å². The van der Waals surface area contributed by atoms with Crippen molar-refractivity contribution in [1.29, 1.82) is 0 Å². The molecule has 3 rings (SSSR count). The molecule has 2 aromatic carbocycles. The van der Waals surface area contributed by atoms with Crippen LogP contribution in [0.4, 0.5) is 0 Å². The summed E-state index contributed by atoms with van der Waals surface area (Å²) in [5.74, 6) is 0.664. The summed E-state index contributed by atoms with van der Waals surface area (Å²) in [6, 6.07) is 16.6. The molecule has 1 fully saturated rings. The molecule has 2 aromatic rings. The molecule has 0 aromatic heterocycles. The molecule has 146 valence electrons. The third kappa shape index (κ3) is 5.48. The predicted octanol–water partition coefficient (Wildman–Crippen LogP) is 3.71. The summed E-state index contributed by atoms with van der Waals surface area (Å²) in [4.78, 5) is 1.39. The van der Waals surface area contributed by atoms with Crippen molar-refractivity contribution in [3.05, 3.63) is 54.6 Å². The van der Waals surface area contributed by atoms with Crippen LogP contribution in [0.25, 0.3) is 0 Å². The minimum absolute atomic E-state index is 0.210. The Kier molecular flexibility index (Phi) is 6.81. The first kappa shape index (κ1) is 20.2. The largest absolute Gasteiger partial charge is 0.494 e. The van der Waals surface area contributed by atoms with Gasteiger partial charge in [-0.2, -0.15) is 0 Å². The Morgan fingerprint density at radius 3 is 2.37 bits per heavy atom. The van der Waals surface area contributed by atoms with Gasteiger partial charge in [0.15, 0.2) is 0 Å². The van der Waals surface area contributed by atoms with E-state index < -0.39 is 10.0 Å². The highest BCUT2D eigenvalue weighted by atomic mass is 32.2. The van der Waals surface area contributed by atoms with Crippen LogP contribution in [0.1, 0.15) is 19.8 Å². The quantitative estimate of drug-likeness (QED) is 0.723. The van der Waals surface area contributed by atoms with E-state index in [0.717, 1.165) is 17.7 Å². The Balaban J connectivity index is 1.72. The summed E-state index contributed by atoms with van der Waals surface area (Å²) in [6.07, 6.45) is 1.61. The van der Waals surface area contributed by atoms with Gasteiger partial charge in [0, 0.05) is 29.4 Å². The van der Waals surface area contributed by atoms with Gasteiger partial charge in [-0.3, -0.25) is 0 Å². The fourth-order valence-corrected chi connectivity index (χ4v) is 5.52. The summed E-state index contributed by atoms with van der Waals surface area (Å²) < 4.78 is 39.0. The lowest BCUT2D eigenvalue weighted by molar-refractivity contribution is 0.0784. The van der Waals surface area contributed by atoms with Gasteiger partial charge < -0.3 is 9.47 Å². The molecule has 5 nitrogen and oxygen atoms in total. The average Bonchev–Trinajstić information content (AvgIpc) is 2.69. The van der Waals surface area contributed by atoms with Gasteiger partial charge in [-0.1, -0.05) is 18.2 Å². The molecule has 0 atom stereocenters. The third-order valence-electron chi connectivity index (χ3n) is 4.51. The monoisotopic (exact) mass is 407 g/mol. The molecule has 7 heteroatoms. The standard InChI is InChI=1S/C20H25NO4S2/c1-2-25-17-8-10-19(11-9-17)27(22,23)21-16-20(12-14-24-15-13-20)26-18-6-4-3-5-7-18/h3-11,21H,2,12-16H2,1H3. The maximum Gasteiger partial charge on any atom is 0.240 e. The number of sulfonamides is 1. The lowest BCUT2D eigenvalue weighted by Crippen LogP contribution is -2.44. The van der Waals surface area contributed by atoms with E-state index in [4.69, 9.17) is 9.47 Å². The van der Waals surface area contributed by atoms with E-state index in [1.54, 1.807) is 36.0 Å². The Morgan fingerprint density at radius 1 is 1.07 bits per heavy atom. The number of benzene rings is 2. The maximum atomic E-state index is 12.7. The summed E-state index contributed by atoms with van der Waals surface area (Å²) in [7, 11) is -3.58. The summed E-state index contributed by atoms with van der Waals surface area (Å²) in [6.45, 7) is 4.09. The predicted molar refractivity (Wildman–Crippen MR) is 108 cm³/mol. The van der Waals surface area contributed by atoms with Crippen LogP contribution in [-0.2, 0) is 14.8 Å². The zero-order chi connectivity index (χ0) is 19.2. The first-order chi connectivity index (χ1) is 13.0. The topological polar surface area (TPSA) is 64.6 Å². The minimum Gasteiger partial charge on any atom is -0.494 e. The van der Waals surface area contributed by atoms with E-state index in [1.165, 1.54) is 0 Å². The highest BCUT2D eigenvalue weighted by Crippen LogP contribution is 2.40. The molecule has 0 bridgehead atoms. The maximum absolute atomic E-state index is 12.7. The van der Waals surface area contributed by atoms with Gasteiger partial charge in [0.05, 0.1) is 11.5 Å². The second-order valence-electron chi connectivity index (χ2n) is 6.44. The Morgan fingerprint density at radius 2 is 1.74 bits per heavy atom. The smallest absolute Gasteiger partial charge is 0.240 e. The van der Waals surface area contributed by atoms with Crippen LogP contribution in [0.2, 0.25) is 0 Å². The highest BCUT2D eigenvalue weighted by molar-refractivity contribution is 8.00. The van der Waals surface area contributed by atoms with Crippen molar-refractivity contribution >= 4 is 21.8 Å². The average molecular weight is 408 g/mol. The minimum atomic E-state index is -3.58. The van der Waals surface area contributed by atoms with Crippen molar-refractivity contribution in [3.63, 3.8) is 0 Å². The van der Waals surface area contributed by atoms with Crippen LogP contribution in [0.5, 0.6) is 5.75 Å². The number of rotatable bonds is 8. The third-order valence-corrected chi connectivity index (χ3v) is 7.42. The first-order valence-electron chi connectivity index (χ1n) is 9.07. The van der Waals surface area contributed by atoms with Gasteiger partial charge in [-0.15, -0.1) is 11.8 Å². The molecule has 0 unspecified atom stereocenters. The van der Waals surface area contributed by atoms with E-state index in [1.807, 2.05) is 25.1 Å². The molecule has 1 heterocycles. The molecule has 0 amide bonds. The highest BCUT2D eigenvalue weighted by Gasteiger charge is 2.35. The van der Waals surface area contributed by atoms with Crippen LogP contribution >= 0.6 is 11.8 Å². The Bertz CT molecular complexity index is 817.